The second kappa shape index (κ2) is 9.94. The number of aromatic amines is 2. The van der Waals surface area contributed by atoms with Gasteiger partial charge in [-0.25, -0.2) is 9.97 Å². The number of imidazole rings is 2. The summed E-state index contributed by atoms with van der Waals surface area (Å²) < 4.78 is 0. The van der Waals surface area contributed by atoms with E-state index in [1.54, 1.807) is 0 Å². The Morgan fingerprint density at radius 2 is 1.28 bits per heavy atom. The molecule has 4 unspecified atom stereocenters. The van der Waals surface area contributed by atoms with Gasteiger partial charge in [-0.1, -0.05) is 74.0 Å². The van der Waals surface area contributed by atoms with E-state index in [4.69, 9.17) is 16.6 Å². The largest absolute Gasteiger partial charge is 0.341 e. The van der Waals surface area contributed by atoms with Crippen LogP contribution in [0, 0.1) is 11.8 Å². The van der Waals surface area contributed by atoms with Crippen LogP contribution in [0.3, 0.4) is 0 Å². The molecule has 4 heterocycles. The van der Waals surface area contributed by atoms with Gasteiger partial charge in [0.25, 0.3) is 0 Å². The fourth-order valence-electron chi connectivity index (χ4n) is 6.04. The Kier molecular flexibility index (Phi) is 6.26. The van der Waals surface area contributed by atoms with Gasteiger partial charge in [-0.15, -0.1) is 0 Å². The Bertz CT molecular complexity index is 1630. The van der Waals surface area contributed by atoms with Gasteiger partial charge in [0.1, 0.15) is 22.5 Å². The number of hydrogen-bond acceptors (Lipinski definition) is 4. The molecule has 0 aliphatic carbocycles. The lowest BCUT2D eigenvalue weighted by atomic mass is 9.98. The van der Waals surface area contributed by atoms with E-state index in [9.17, 15) is 0 Å². The summed E-state index contributed by atoms with van der Waals surface area (Å²) in [7, 11) is 0. The molecule has 5 aromatic rings. The molecule has 2 saturated heterocycles. The van der Waals surface area contributed by atoms with E-state index in [-0.39, 0.29) is 6.04 Å². The molecule has 2 aliphatic rings. The van der Waals surface area contributed by atoms with Crippen molar-refractivity contribution in [3.05, 3.63) is 83.7 Å². The van der Waals surface area contributed by atoms with E-state index in [1.807, 2.05) is 6.20 Å². The fraction of sp³-hybridized carbons (Fsp3) is 0.312. The number of benzene rings is 3. The van der Waals surface area contributed by atoms with Crippen molar-refractivity contribution >= 4 is 22.4 Å². The van der Waals surface area contributed by atoms with Crippen molar-refractivity contribution in [2.75, 3.05) is 13.1 Å². The number of nitrogens with zero attached hydrogens (tertiary/aromatic N) is 2. The first kappa shape index (κ1) is 24.6. The normalized spacial score (nSPS) is 23.2. The zero-order chi connectivity index (χ0) is 26.5. The number of fused-ring (bicyclic) bond motifs is 1. The molecule has 7 heteroatoms. The van der Waals surface area contributed by atoms with E-state index in [0.29, 0.717) is 23.0 Å². The minimum Gasteiger partial charge on any atom is -0.341 e. The molecule has 2 fully saturated rings. The summed E-state index contributed by atoms with van der Waals surface area (Å²) in [5.41, 5.74) is 6.43. The SMILES string of the molecule is CC1CNC(c2ncc(-c3ccc(-c4ccc5cc(-c6nc(C7CC(C)CN7)[nH]c6Cl)ccc5c4)cc3)[nH]2)C1. The molecular weight excluding hydrogens is 504 g/mol. The monoisotopic (exact) mass is 536 g/mol. The molecule has 3 aromatic carbocycles. The summed E-state index contributed by atoms with van der Waals surface area (Å²) >= 11 is 6.59. The van der Waals surface area contributed by atoms with Crippen LogP contribution in [0.2, 0.25) is 5.15 Å². The van der Waals surface area contributed by atoms with Crippen LogP contribution in [0.15, 0.2) is 66.9 Å². The molecule has 0 bridgehead atoms. The number of rotatable bonds is 5. The quantitative estimate of drug-likeness (QED) is 0.190. The average Bonchev–Trinajstić information content (AvgIpc) is 3.76. The highest BCUT2D eigenvalue weighted by molar-refractivity contribution is 6.32. The fourth-order valence-corrected chi connectivity index (χ4v) is 6.29. The molecule has 0 spiro atoms. The van der Waals surface area contributed by atoms with Crippen LogP contribution >= 0.6 is 11.6 Å². The molecule has 7 rings (SSSR count). The molecule has 39 heavy (non-hydrogen) atoms. The van der Waals surface area contributed by atoms with Gasteiger partial charge in [0.2, 0.25) is 0 Å². The second-order valence-corrected chi connectivity index (χ2v) is 11.8. The third kappa shape index (κ3) is 4.78. The molecule has 4 atom stereocenters. The van der Waals surface area contributed by atoms with Crippen molar-refractivity contribution in [2.45, 2.75) is 38.8 Å². The summed E-state index contributed by atoms with van der Waals surface area (Å²) in [5, 5.41) is 10.0. The van der Waals surface area contributed by atoms with E-state index < -0.39 is 0 Å². The second-order valence-electron chi connectivity index (χ2n) is 11.4. The summed E-state index contributed by atoms with van der Waals surface area (Å²) in [4.78, 5) is 16.3. The lowest BCUT2D eigenvalue weighted by Gasteiger charge is -2.08. The van der Waals surface area contributed by atoms with Gasteiger partial charge < -0.3 is 20.6 Å². The Morgan fingerprint density at radius 3 is 1.95 bits per heavy atom. The Balaban J connectivity index is 1.11. The molecule has 2 aromatic heterocycles. The van der Waals surface area contributed by atoms with E-state index in [1.165, 1.54) is 21.9 Å². The summed E-state index contributed by atoms with van der Waals surface area (Å²) in [6.45, 7) is 6.60. The number of aromatic nitrogens is 4. The van der Waals surface area contributed by atoms with Gasteiger partial charge in [-0.3, -0.25) is 0 Å². The first-order valence-electron chi connectivity index (χ1n) is 13.9. The van der Waals surface area contributed by atoms with Crippen molar-refractivity contribution in [3.8, 4) is 33.6 Å². The van der Waals surface area contributed by atoms with Crippen LogP contribution in [0.4, 0.5) is 0 Å². The number of H-pyrrole nitrogens is 2. The molecular formula is C32H33ClN6. The molecule has 6 nitrogen and oxygen atoms in total. The standard InChI is InChI=1S/C32H33ClN6/c1-18-11-26(34-15-18)31-36-17-28(37-31)21-5-3-20(4-6-21)22-7-8-24-14-25(10-9-23(24)13-22)29-30(33)39-32(38-29)27-12-19(2)16-35-27/h3-10,13-14,17-19,26-27,34-35H,11-12,15-16H2,1-2H3,(H,36,37)(H,38,39). The predicted octanol–water partition coefficient (Wildman–Crippen LogP) is 7.28. The highest BCUT2D eigenvalue weighted by Gasteiger charge is 2.26. The van der Waals surface area contributed by atoms with Crippen LogP contribution in [0.5, 0.6) is 0 Å². The van der Waals surface area contributed by atoms with E-state index in [2.05, 4.69) is 100 Å². The summed E-state index contributed by atoms with van der Waals surface area (Å²) in [5.74, 6) is 3.30. The van der Waals surface area contributed by atoms with Crippen molar-refractivity contribution in [1.82, 2.24) is 30.6 Å². The smallest absolute Gasteiger partial charge is 0.134 e. The van der Waals surface area contributed by atoms with Crippen LogP contribution in [0.25, 0.3) is 44.4 Å². The summed E-state index contributed by atoms with van der Waals surface area (Å²) in [6.07, 6.45) is 4.15. The zero-order valence-electron chi connectivity index (χ0n) is 22.3. The maximum absolute atomic E-state index is 6.59. The van der Waals surface area contributed by atoms with Crippen LogP contribution in [0.1, 0.15) is 50.4 Å². The topological polar surface area (TPSA) is 81.4 Å². The molecule has 198 valence electrons. The first-order valence-corrected chi connectivity index (χ1v) is 14.3. The highest BCUT2D eigenvalue weighted by atomic mass is 35.5. The van der Waals surface area contributed by atoms with Crippen molar-refractivity contribution in [3.63, 3.8) is 0 Å². The third-order valence-corrected chi connectivity index (χ3v) is 8.55. The van der Waals surface area contributed by atoms with E-state index >= 15 is 0 Å². The third-order valence-electron chi connectivity index (χ3n) is 8.28. The molecule has 0 amide bonds. The minimum atomic E-state index is 0.240. The van der Waals surface area contributed by atoms with Crippen LogP contribution in [-0.2, 0) is 0 Å². The Hall–Kier alpha value is -3.45. The van der Waals surface area contributed by atoms with Crippen molar-refractivity contribution in [2.24, 2.45) is 11.8 Å². The zero-order valence-corrected chi connectivity index (χ0v) is 23.0. The lowest BCUT2D eigenvalue weighted by molar-refractivity contribution is 0.588. The van der Waals surface area contributed by atoms with Gasteiger partial charge in [-0.2, -0.15) is 0 Å². The van der Waals surface area contributed by atoms with Gasteiger partial charge in [0.15, 0.2) is 0 Å². The Morgan fingerprint density at radius 1 is 0.692 bits per heavy atom. The first-order chi connectivity index (χ1) is 19.0. The van der Waals surface area contributed by atoms with Gasteiger partial charge >= 0.3 is 0 Å². The molecule has 0 radical (unpaired) electrons. The minimum absolute atomic E-state index is 0.240. The van der Waals surface area contributed by atoms with Gasteiger partial charge in [0.05, 0.1) is 24.0 Å². The van der Waals surface area contributed by atoms with E-state index in [0.717, 1.165) is 60.1 Å². The van der Waals surface area contributed by atoms with Crippen molar-refractivity contribution < 1.29 is 0 Å². The van der Waals surface area contributed by atoms with Crippen LogP contribution < -0.4 is 10.6 Å². The lowest BCUT2D eigenvalue weighted by Crippen LogP contribution is -2.14. The number of hydrogen-bond donors (Lipinski definition) is 4. The van der Waals surface area contributed by atoms with Gasteiger partial charge in [-0.05, 0) is 77.4 Å². The van der Waals surface area contributed by atoms with Crippen LogP contribution in [-0.4, -0.2) is 33.0 Å². The van der Waals surface area contributed by atoms with Gasteiger partial charge in [0, 0.05) is 5.56 Å². The highest BCUT2D eigenvalue weighted by Crippen LogP contribution is 2.34. The maximum atomic E-state index is 6.59. The average molecular weight is 537 g/mol. The number of nitrogens with one attached hydrogen (secondary N) is 4. The number of halogens is 1. The Labute approximate surface area is 233 Å². The molecule has 0 saturated carbocycles. The predicted molar refractivity (Wildman–Crippen MR) is 159 cm³/mol. The maximum Gasteiger partial charge on any atom is 0.134 e. The molecule has 4 N–H and O–H groups in total. The molecule has 2 aliphatic heterocycles. The summed E-state index contributed by atoms with van der Waals surface area (Å²) in [6, 6.07) is 22.3. The van der Waals surface area contributed by atoms with Crippen molar-refractivity contribution in [1.29, 1.82) is 0 Å².